The Balaban J connectivity index is 1.78. The normalized spacial score (nSPS) is 11.1. The molecule has 0 amide bonds. The van der Waals surface area contributed by atoms with Crippen molar-refractivity contribution in [1.82, 2.24) is 10.1 Å². The lowest BCUT2D eigenvalue weighted by Crippen LogP contribution is -1.82. The summed E-state index contributed by atoms with van der Waals surface area (Å²) in [5, 5.41) is 3.86. The standard InChI is InChI=1S/C16H12FN3O/c17-13-6-4-12(5-7-13)16-19-15(21-20-16)10-3-11-1-8-14(18)9-2-11/h1-10H,18H2/b10-3+. The first-order valence-electron chi connectivity index (χ1n) is 6.34. The minimum absolute atomic E-state index is 0.300. The number of anilines is 1. The average molecular weight is 281 g/mol. The summed E-state index contributed by atoms with van der Waals surface area (Å²) >= 11 is 0. The second kappa shape index (κ2) is 5.58. The zero-order chi connectivity index (χ0) is 14.7. The van der Waals surface area contributed by atoms with E-state index in [-0.39, 0.29) is 5.82 Å². The fourth-order valence-corrected chi connectivity index (χ4v) is 1.79. The quantitative estimate of drug-likeness (QED) is 0.744. The molecule has 0 bridgehead atoms. The lowest BCUT2D eigenvalue weighted by molar-refractivity contribution is 0.411. The van der Waals surface area contributed by atoms with E-state index < -0.39 is 0 Å². The van der Waals surface area contributed by atoms with Crippen LogP contribution in [0, 0.1) is 5.82 Å². The van der Waals surface area contributed by atoms with Crippen LogP contribution in [0.3, 0.4) is 0 Å². The molecule has 5 heteroatoms. The van der Waals surface area contributed by atoms with E-state index in [2.05, 4.69) is 10.1 Å². The summed E-state index contributed by atoms with van der Waals surface area (Å²) in [4.78, 5) is 4.23. The molecule has 0 aliphatic carbocycles. The molecule has 0 radical (unpaired) electrons. The van der Waals surface area contributed by atoms with Gasteiger partial charge in [-0.25, -0.2) is 4.39 Å². The Bertz CT molecular complexity index is 761. The van der Waals surface area contributed by atoms with Gasteiger partial charge in [-0.3, -0.25) is 0 Å². The molecule has 1 heterocycles. The minimum atomic E-state index is -0.300. The predicted octanol–water partition coefficient (Wildman–Crippen LogP) is 3.63. The number of nitrogen functional groups attached to an aromatic ring is 1. The molecule has 0 fully saturated rings. The number of hydrogen-bond acceptors (Lipinski definition) is 4. The zero-order valence-corrected chi connectivity index (χ0v) is 11.0. The fourth-order valence-electron chi connectivity index (χ4n) is 1.79. The molecule has 3 rings (SSSR count). The molecule has 0 aliphatic rings. The van der Waals surface area contributed by atoms with E-state index in [0.29, 0.717) is 23.0 Å². The van der Waals surface area contributed by atoms with Crippen molar-refractivity contribution >= 4 is 17.8 Å². The van der Waals surface area contributed by atoms with Crippen LogP contribution in [-0.2, 0) is 0 Å². The van der Waals surface area contributed by atoms with Gasteiger partial charge in [0, 0.05) is 17.3 Å². The topological polar surface area (TPSA) is 64.9 Å². The van der Waals surface area contributed by atoms with E-state index in [0.717, 1.165) is 5.56 Å². The van der Waals surface area contributed by atoms with Crippen LogP contribution >= 0.6 is 0 Å². The third kappa shape index (κ3) is 3.14. The summed E-state index contributed by atoms with van der Waals surface area (Å²) in [5.41, 5.74) is 8.01. The first-order chi connectivity index (χ1) is 10.2. The summed E-state index contributed by atoms with van der Waals surface area (Å²) in [5.74, 6) is 0.504. The summed E-state index contributed by atoms with van der Waals surface area (Å²) in [6.45, 7) is 0. The Morgan fingerprint density at radius 1 is 0.952 bits per heavy atom. The minimum Gasteiger partial charge on any atom is -0.399 e. The molecule has 0 saturated carbocycles. The molecule has 0 saturated heterocycles. The number of aromatic nitrogens is 2. The van der Waals surface area contributed by atoms with Crippen molar-refractivity contribution < 1.29 is 8.91 Å². The van der Waals surface area contributed by atoms with Gasteiger partial charge in [0.25, 0.3) is 5.89 Å². The van der Waals surface area contributed by atoms with Gasteiger partial charge in [0.15, 0.2) is 0 Å². The maximum Gasteiger partial charge on any atom is 0.250 e. The highest BCUT2D eigenvalue weighted by Crippen LogP contribution is 2.17. The highest BCUT2D eigenvalue weighted by atomic mass is 19.1. The first-order valence-corrected chi connectivity index (χ1v) is 6.34. The van der Waals surface area contributed by atoms with Crippen molar-refractivity contribution in [1.29, 1.82) is 0 Å². The van der Waals surface area contributed by atoms with Crippen LogP contribution in [0.5, 0.6) is 0 Å². The van der Waals surface area contributed by atoms with Gasteiger partial charge in [-0.1, -0.05) is 17.3 Å². The fraction of sp³-hybridized carbons (Fsp3) is 0. The van der Waals surface area contributed by atoms with Gasteiger partial charge >= 0.3 is 0 Å². The molecule has 2 aromatic carbocycles. The Labute approximate surface area is 120 Å². The molecule has 104 valence electrons. The third-order valence-corrected chi connectivity index (χ3v) is 2.90. The zero-order valence-electron chi connectivity index (χ0n) is 11.0. The summed E-state index contributed by atoms with van der Waals surface area (Å²) in [7, 11) is 0. The number of nitrogens with zero attached hydrogens (tertiary/aromatic N) is 2. The predicted molar refractivity (Wildman–Crippen MR) is 79.5 cm³/mol. The van der Waals surface area contributed by atoms with E-state index in [1.807, 2.05) is 30.3 Å². The molecule has 1 aromatic heterocycles. The summed E-state index contributed by atoms with van der Waals surface area (Å²) < 4.78 is 18.0. The van der Waals surface area contributed by atoms with E-state index in [1.54, 1.807) is 18.2 Å². The SMILES string of the molecule is Nc1ccc(/C=C/c2nc(-c3ccc(F)cc3)no2)cc1. The van der Waals surface area contributed by atoms with Gasteiger partial charge in [-0.15, -0.1) is 0 Å². The lowest BCUT2D eigenvalue weighted by Gasteiger charge is -1.93. The lowest BCUT2D eigenvalue weighted by atomic mass is 10.2. The Morgan fingerprint density at radius 2 is 1.67 bits per heavy atom. The van der Waals surface area contributed by atoms with Crippen LogP contribution < -0.4 is 5.73 Å². The van der Waals surface area contributed by atoms with Crippen molar-refractivity contribution in [3.8, 4) is 11.4 Å². The van der Waals surface area contributed by atoms with Crippen molar-refractivity contribution in [3.05, 3.63) is 65.8 Å². The Hall–Kier alpha value is -2.95. The van der Waals surface area contributed by atoms with Crippen LogP contribution in [0.1, 0.15) is 11.5 Å². The monoisotopic (exact) mass is 281 g/mol. The van der Waals surface area contributed by atoms with Crippen molar-refractivity contribution in [2.45, 2.75) is 0 Å². The second-order valence-corrected chi connectivity index (χ2v) is 4.46. The molecule has 0 spiro atoms. The van der Waals surface area contributed by atoms with E-state index in [1.165, 1.54) is 12.1 Å². The smallest absolute Gasteiger partial charge is 0.250 e. The Kier molecular flexibility index (Phi) is 3.47. The van der Waals surface area contributed by atoms with Crippen LogP contribution in [0.2, 0.25) is 0 Å². The number of rotatable bonds is 3. The molecule has 2 N–H and O–H groups in total. The third-order valence-electron chi connectivity index (χ3n) is 2.90. The van der Waals surface area contributed by atoms with Crippen LogP contribution in [0.25, 0.3) is 23.5 Å². The number of benzene rings is 2. The van der Waals surface area contributed by atoms with E-state index in [4.69, 9.17) is 10.3 Å². The van der Waals surface area contributed by atoms with Crippen LogP contribution in [-0.4, -0.2) is 10.1 Å². The molecule has 21 heavy (non-hydrogen) atoms. The molecule has 4 nitrogen and oxygen atoms in total. The van der Waals surface area contributed by atoms with Crippen molar-refractivity contribution in [2.24, 2.45) is 0 Å². The first kappa shape index (κ1) is 13.1. The molecule has 3 aromatic rings. The van der Waals surface area contributed by atoms with Gasteiger partial charge in [-0.05, 0) is 48.0 Å². The molecule has 0 aliphatic heterocycles. The highest BCUT2D eigenvalue weighted by Gasteiger charge is 2.06. The molecular weight excluding hydrogens is 269 g/mol. The van der Waals surface area contributed by atoms with Crippen molar-refractivity contribution in [3.63, 3.8) is 0 Å². The van der Waals surface area contributed by atoms with Gasteiger partial charge < -0.3 is 10.3 Å². The van der Waals surface area contributed by atoms with Gasteiger partial charge in [0.05, 0.1) is 0 Å². The average Bonchev–Trinajstić information content (AvgIpc) is 2.96. The van der Waals surface area contributed by atoms with Gasteiger partial charge in [-0.2, -0.15) is 4.98 Å². The Morgan fingerprint density at radius 3 is 2.38 bits per heavy atom. The molecule has 0 atom stereocenters. The summed E-state index contributed by atoms with van der Waals surface area (Å²) in [6, 6.07) is 13.3. The van der Waals surface area contributed by atoms with Crippen LogP contribution in [0.4, 0.5) is 10.1 Å². The largest absolute Gasteiger partial charge is 0.399 e. The second-order valence-electron chi connectivity index (χ2n) is 4.46. The number of halogens is 1. The van der Waals surface area contributed by atoms with E-state index in [9.17, 15) is 4.39 Å². The highest BCUT2D eigenvalue weighted by molar-refractivity contribution is 5.67. The summed E-state index contributed by atoms with van der Waals surface area (Å²) in [6.07, 6.45) is 3.56. The maximum absolute atomic E-state index is 12.9. The number of nitrogens with two attached hydrogens (primary N) is 1. The van der Waals surface area contributed by atoms with Gasteiger partial charge in [0.1, 0.15) is 5.82 Å². The maximum atomic E-state index is 12.9. The van der Waals surface area contributed by atoms with E-state index >= 15 is 0 Å². The molecule has 0 unspecified atom stereocenters. The molecular formula is C16H12FN3O. The van der Waals surface area contributed by atoms with Crippen molar-refractivity contribution in [2.75, 3.05) is 5.73 Å². The van der Waals surface area contributed by atoms with Crippen LogP contribution in [0.15, 0.2) is 53.1 Å². The number of hydrogen-bond donors (Lipinski definition) is 1. The van der Waals surface area contributed by atoms with Gasteiger partial charge in [0.2, 0.25) is 5.82 Å².